The molecular weight excluding hydrogens is 216 g/mol. The van der Waals surface area contributed by atoms with Crippen molar-refractivity contribution in [3.05, 3.63) is 29.8 Å². The number of hydrogen-bond acceptors (Lipinski definition) is 4. The highest BCUT2D eigenvalue weighted by atomic mass is 16.7. The van der Waals surface area contributed by atoms with Gasteiger partial charge < -0.3 is 14.4 Å². The third-order valence-corrected chi connectivity index (χ3v) is 2.75. The molecule has 0 spiro atoms. The molecule has 1 fully saturated rings. The van der Waals surface area contributed by atoms with Crippen LogP contribution in [0.25, 0.3) is 0 Å². The van der Waals surface area contributed by atoms with Crippen molar-refractivity contribution in [2.24, 2.45) is 0 Å². The van der Waals surface area contributed by atoms with Crippen LogP contribution < -0.4 is 4.90 Å². The Bertz CT molecular complexity index is 408. The molecule has 2 atom stereocenters. The molecule has 1 aliphatic heterocycles. The minimum Gasteiger partial charge on any atom is -0.378 e. The molecule has 0 aliphatic carbocycles. The molecule has 0 saturated carbocycles. The van der Waals surface area contributed by atoms with Crippen molar-refractivity contribution in [3.63, 3.8) is 0 Å². The number of nitrogens with zero attached hydrogens (tertiary/aromatic N) is 2. The van der Waals surface area contributed by atoms with Gasteiger partial charge in [-0.1, -0.05) is 12.1 Å². The number of ether oxygens (including phenoxy) is 2. The highest BCUT2D eigenvalue weighted by Crippen LogP contribution is 2.29. The zero-order valence-electron chi connectivity index (χ0n) is 10.1. The Kier molecular flexibility index (Phi) is 3.62. The lowest BCUT2D eigenvalue weighted by atomic mass is 10.2. The lowest BCUT2D eigenvalue weighted by Crippen LogP contribution is -2.09. The maximum Gasteiger partial charge on any atom is 0.184 e. The second-order valence-electron chi connectivity index (χ2n) is 4.27. The van der Waals surface area contributed by atoms with Gasteiger partial charge in [-0.3, -0.25) is 0 Å². The van der Waals surface area contributed by atoms with E-state index in [1.807, 2.05) is 43.3 Å². The number of anilines is 1. The van der Waals surface area contributed by atoms with Crippen molar-refractivity contribution in [1.82, 2.24) is 0 Å². The van der Waals surface area contributed by atoms with Gasteiger partial charge in [-0.05, 0) is 12.1 Å². The van der Waals surface area contributed by atoms with Crippen molar-refractivity contribution < 1.29 is 9.47 Å². The van der Waals surface area contributed by atoms with Crippen LogP contribution in [0.4, 0.5) is 5.69 Å². The molecule has 1 aromatic rings. The van der Waals surface area contributed by atoms with E-state index in [2.05, 4.69) is 6.07 Å². The molecule has 0 N–H and O–H groups in total. The summed E-state index contributed by atoms with van der Waals surface area (Å²) in [4.78, 5) is 2.04. The van der Waals surface area contributed by atoms with Gasteiger partial charge in [0, 0.05) is 25.3 Å². The molecule has 1 heterocycles. The van der Waals surface area contributed by atoms with Crippen molar-refractivity contribution in [1.29, 1.82) is 5.26 Å². The van der Waals surface area contributed by atoms with Crippen LogP contribution in [-0.2, 0) is 9.47 Å². The van der Waals surface area contributed by atoms with Crippen LogP contribution in [0.1, 0.15) is 18.3 Å². The summed E-state index contributed by atoms with van der Waals surface area (Å²) < 4.78 is 11.1. The minimum absolute atomic E-state index is 0.0986. The van der Waals surface area contributed by atoms with Gasteiger partial charge in [-0.25, -0.2) is 0 Å². The fourth-order valence-electron chi connectivity index (χ4n) is 1.76. The monoisotopic (exact) mass is 232 g/mol. The van der Waals surface area contributed by atoms with E-state index in [-0.39, 0.29) is 12.4 Å². The lowest BCUT2D eigenvalue weighted by molar-refractivity contribution is -0.0592. The van der Waals surface area contributed by atoms with Gasteiger partial charge in [0.25, 0.3) is 0 Å². The van der Waals surface area contributed by atoms with Crippen LogP contribution >= 0.6 is 0 Å². The molecule has 4 heteroatoms. The van der Waals surface area contributed by atoms with Crippen LogP contribution in [0.3, 0.4) is 0 Å². The number of rotatable bonds is 3. The third-order valence-electron chi connectivity index (χ3n) is 2.75. The standard InChI is InChI=1S/C13H16N2O2/c1-15(2)11-5-3-10(4-6-11)13-16-9-12(17-13)7-8-14/h3-6,12-13H,7,9H2,1-2H3. The molecule has 4 nitrogen and oxygen atoms in total. The van der Waals surface area contributed by atoms with Crippen molar-refractivity contribution in [2.75, 3.05) is 25.6 Å². The first-order chi connectivity index (χ1) is 8.20. The maximum atomic E-state index is 8.59. The fourth-order valence-corrected chi connectivity index (χ4v) is 1.76. The third kappa shape index (κ3) is 2.76. The highest BCUT2D eigenvalue weighted by molar-refractivity contribution is 5.46. The van der Waals surface area contributed by atoms with E-state index in [0.717, 1.165) is 11.3 Å². The number of hydrogen-bond donors (Lipinski definition) is 0. The molecule has 0 bridgehead atoms. The highest BCUT2D eigenvalue weighted by Gasteiger charge is 2.26. The van der Waals surface area contributed by atoms with Gasteiger partial charge in [0.15, 0.2) is 6.29 Å². The Hall–Kier alpha value is -1.57. The van der Waals surface area contributed by atoms with E-state index in [9.17, 15) is 0 Å². The van der Waals surface area contributed by atoms with Crippen molar-refractivity contribution >= 4 is 5.69 Å². The van der Waals surface area contributed by atoms with Crippen molar-refractivity contribution in [2.45, 2.75) is 18.8 Å². The molecule has 1 saturated heterocycles. The molecule has 0 amide bonds. The van der Waals surface area contributed by atoms with E-state index in [1.165, 1.54) is 0 Å². The van der Waals surface area contributed by atoms with E-state index in [4.69, 9.17) is 14.7 Å². The number of nitriles is 1. The summed E-state index contributed by atoms with van der Waals surface area (Å²) in [6.45, 7) is 0.494. The van der Waals surface area contributed by atoms with Gasteiger partial charge >= 0.3 is 0 Å². The second kappa shape index (κ2) is 5.17. The van der Waals surface area contributed by atoms with E-state index in [1.54, 1.807) is 0 Å². The minimum atomic E-state index is -0.329. The fraction of sp³-hybridized carbons (Fsp3) is 0.462. The zero-order chi connectivity index (χ0) is 12.3. The Labute approximate surface area is 101 Å². The molecule has 0 aromatic heterocycles. The van der Waals surface area contributed by atoms with Gasteiger partial charge in [-0.15, -0.1) is 0 Å². The zero-order valence-corrected chi connectivity index (χ0v) is 10.1. The van der Waals surface area contributed by atoms with E-state index >= 15 is 0 Å². The maximum absolute atomic E-state index is 8.59. The topological polar surface area (TPSA) is 45.5 Å². The smallest absolute Gasteiger partial charge is 0.184 e. The Morgan fingerprint density at radius 3 is 2.65 bits per heavy atom. The molecule has 0 radical (unpaired) electrons. The average molecular weight is 232 g/mol. The van der Waals surface area contributed by atoms with Crippen molar-refractivity contribution in [3.8, 4) is 6.07 Å². The molecule has 1 aromatic carbocycles. The van der Waals surface area contributed by atoms with Crippen LogP contribution in [-0.4, -0.2) is 26.8 Å². The quantitative estimate of drug-likeness (QED) is 0.800. The molecule has 1 aliphatic rings. The SMILES string of the molecule is CN(C)c1ccc(C2OCC(CC#N)O2)cc1. The summed E-state index contributed by atoms with van der Waals surface area (Å²) in [6.07, 6.45) is -0.0465. The summed E-state index contributed by atoms with van der Waals surface area (Å²) in [5.74, 6) is 0. The first-order valence-corrected chi connectivity index (χ1v) is 5.62. The predicted molar refractivity (Wildman–Crippen MR) is 64.6 cm³/mol. The van der Waals surface area contributed by atoms with Gasteiger partial charge in [0.1, 0.15) is 0 Å². The summed E-state index contributed by atoms with van der Waals surface area (Å²) in [7, 11) is 4.00. The van der Waals surface area contributed by atoms with Gasteiger partial charge in [0.2, 0.25) is 0 Å². The largest absolute Gasteiger partial charge is 0.378 e. The summed E-state index contributed by atoms with van der Waals surface area (Å²) in [6, 6.07) is 10.1. The van der Waals surface area contributed by atoms with E-state index in [0.29, 0.717) is 13.0 Å². The summed E-state index contributed by atoms with van der Waals surface area (Å²) >= 11 is 0. The molecule has 17 heavy (non-hydrogen) atoms. The van der Waals surface area contributed by atoms with Crippen LogP contribution in [0, 0.1) is 11.3 Å². The Balaban J connectivity index is 2.02. The Morgan fingerprint density at radius 2 is 2.06 bits per heavy atom. The molecule has 2 unspecified atom stereocenters. The molecule has 90 valence electrons. The first kappa shape index (κ1) is 11.9. The second-order valence-corrected chi connectivity index (χ2v) is 4.27. The first-order valence-electron chi connectivity index (χ1n) is 5.62. The normalized spacial score (nSPS) is 23.4. The van der Waals surface area contributed by atoms with Crippen LogP contribution in [0.15, 0.2) is 24.3 Å². The average Bonchev–Trinajstić information content (AvgIpc) is 2.78. The Morgan fingerprint density at radius 1 is 1.35 bits per heavy atom. The predicted octanol–water partition coefficient (Wildman–Crippen LogP) is 2.08. The van der Waals surface area contributed by atoms with Crippen LogP contribution in [0.5, 0.6) is 0 Å². The number of benzene rings is 1. The molecule has 2 rings (SSSR count). The van der Waals surface area contributed by atoms with Gasteiger partial charge in [-0.2, -0.15) is 5.26 Å². The summed E-state index contributed by atoms with van der Waals surface area (Å²) in [5.41, 5.74) is 2.14. The summed E-state index contributed by atoms with van der Waals surface area (Å²) in [5, 5.41) is 8.59. The molecular formula is C13H16N2O2. The van der Waals surface area contributed by atoms with Crippen LogP contribution in [0.2, 0.25) is 0 Å². The van der Waals surface area contributed by atoms with Gasteiger partial charge in [0.05, 0.1) is 25.2 Å². The van der Waals surface area contributed by atoms with E-state index < -0.39 is 0 Å². The lowest BCUT2D eigenvalue weighted by Gasteiger charge is -2.15.